The van der Waals surface area contributed by atoms with Gasteiger partial charge in [0.2, 0.25) is 0 Å². The van der Waals surface area contributed by atoms with Crippen molar-refractivity contribution in [2.45, 2.75) is 43.9 Å². The monoisotopic (exact) mass is 318 g/mol. The molecule has 1 N–H and O–H groups in total. The van der Waals surface area contributed by atoms with Crippen LogP contribution < -0.4 is 5.32 Å². The molecule has 0 saturated heterocycles. The van der Waals surface area contributed by atoms with Gasteiger partial charge in [0.25, 0.3) is 0 Å². The maximum atomic E-state index is 12.9. The van der Waals surface area contributed by atoms with Crippen LogP contribution in [0.3, 0.4) is 0 Å². The van der Waals surface area contributed by atoms with E-state index in [-0.39, 0.29) is 24.9 Å². The molecular weight excluding hydrogens is 293 g/mol. The van der Waals surface area contributed by atoms with Gasteiger partial charge in [-0.2, -0.15) is 18.3 Å². The molecule has 1 saturated carbocycles. The van der Waals surface area contributed by atoms with Crippen molar-refractivity contribution >= 4 is 0 Å². The molecule has 0 spiro atoms. The van der Waals surface area contributed by atoms with Crippen molar-refractivity contribution in [3.63, 3.8) is 0 Å². The summed E-state index contributed by atoms with van der Waals surface area (Å²) in [5.74, 6) is -1.16. The molecule has 3 atom stereocenters. The molecule has 2 rings (SSSR count). The number of hydrogen-bond donors (Lipinski definition) is 1. The van der Waals surface area contributed by atoms with Gasteiger partial charge in [0.15, 0.2) is 0 Å². The number of nitrogens with one attached hydrogen (secondary N) is 1. The van der Waals surface area contributed by atoms with Gasteiger partial charge in [0.05, 0.1) is 12.1 Å². The van der Waals surface area contributed by atoms with E-state index in [1.54, 1.807) is 4.68 Å². The van der Waals surface area contributed by atoms with E-state index in [2.05, 4.69) is 15.3 Å². The zero-order chi connectivity index (χ0) is 16.3. The Morgan fingerprint density at radius 2 is 2.14 bits per heavy atom. The van der Waals surface area contributed by atoms with Crippen LogP contribution in [-0.2, 0) is 7.05 Å². The van der Waals surface area contributed by atoms with Crippen molar-refractivity contribution in [3.05, 3.63) is 18.0 Å². The van der Waals surface area contributed by atoms with Gasteiger partial charge in [0, 0.05) is 37.4 Å². The zero-order valence-corrected chi connectivity index (χ0v) is 13.4. The number of alkyl halides is 3. The van der Waals surface area contributed by atoms with Gasteiger partial charge in [-0.15, -0.1) is 0 Å². The van der Waals surface area contributed by atoms with E-state index in [1.165, 1.54) is 0 Å². The minimum absolute atomic E-state index is 0.0560. The van der Waals surface area contributed by atoms with Gasteiger partial charge >= 0.3 is 6.18 Å². The largest absolute Gasteiger partial charge is 0.391 e. The molecule has 0 aliphatic heterocycles. The number of rotatable bonds is 5. The molecule has 7 heteroatoms. The Labute approximate surface area is 129 Å². The van der Waals surface area contributed by atoms with E-state index >= 15 is 0 Å². The van der Waals surface area contributed by atoms with Crippen LogP contribution in [0.2, 0.25) is 0 Å². The summed E-state index contributed by atoms with van der Waals surface area (Å²) in [6.45, 7) is 0.633. The van der Waals surface area contributed by atoms with E-state index in [0.717, 1.165) is 12.0 Å². The normalized spacial score (nSPS) is 24.7. The summed E-state index contributed by atoms with van der Waals surface area (Å²) in [5.41, 5.74) is 1.07. The first kappa shape index (κ1) is 17.3. The van der Waals surface area contributed by atoms with Gasteiger partial charge < -0.3 is 10.2 Å². The summed E-state index contributed by atoms with van der Waals surface area (Å²) < 4.78 is 40.3. The molecule has 0 amide bonds. The fraction of sp³-hybridized carbons (Fsp3) is 0.800. The number of nitrogens with zero attached hydrogens (tertiary/aromatic N) is 3. The van der Waals surface area contributed by atoms with Crippen LogP contribution in [0, 0.1) is 5.92 Å². The van der Waals surface area contributed by atoms with Crippen LogP contribution >= 0.6 is 0 Å². The summed E-state index contributed by atoms with van der Waals surface area (Å²) in [7, 11) is 5.80. The SMILES string of the molecule is CN(C)[C@H](CN[C@@H]1CCC[C@H](C(F)(F)F)C1)c1cnn(C)c1. The Kier molecular flexibility index (Phi) is 5.50. The highest BCUT2D eigenvalue weighted by Crippen LogP contribution is 2.37. The Hall–Kier alpha value is -1.08. The van der Waals surface area contributed by atoms with Gasteiger partial charge in [0.1, 0.15) is 0 Å². The van der Waals surface area contributed by atoms with Crippen molar-refractivity contribution < 1.29 is 13.2 Å². The highest BCUT2D eigenvalue weighted by Gasteiger charge is 2.42. The van der Waals surface area contributed by atoms with Gasteiger partial charge in [-0.05, 0) is 33.4 Å². The zero-order valence-electron chi connectivity index (χ0n) is 13.4. The number of aromatic nitrogens is 2. The van der Waals surface area contributed by atoms with Crippen LogP contribution in [0.25, 0.3) is 0 Å². The Morgan fingerprint density at radius 3 is 2.68 bits per heavy atom. The topological polar surface area (TPSA) is 33.1 Å². The van der Waals surface area contributed by atoms with Crippen LogP contribution in [0.4, 0.5) is 13.2 Å². The van der Waals surface area contributed by atoms with Crippen molar-refractivity contribution in [3.8, 4) is 0 Å². The lowest BCUT2D eigenvalue weighted by Crippen LogP contribution is -2.42. The van der Waals surface area contributed by atoms with Crippen LogP contribution in [0.5, 0.6) is 0 Å². The van der Waals surface area contributed by atoms with E-state index < -0.39 is 12.1 Å². The molecule has 126 valence electrons. The molecule has 1 fully saturated rings. The van der Waals surface area contributed by atoms with Gasteiger partial charge in [-0.3, -0.25) is 4.68 Å². The predicted octanol–water partition coefficient (Wildman–Crippen LogP) is 2.73. The second-order valence-corrected chi connectivity index (χ2v) is 6.44. The lowest BCUT2D eigenvalue weighted by Gasteiger charge is -2.33. The second-order valence-electron chi connectivity index (χ2n) is 6.44. The predicted molar refractivity (Wildman–Crippen MR) is 79.4 cm³/mol. The smallest absolute Gasteiger partial charge is 0.312 e. The van der Waals surface area contributed by atoms with Gasteiger partial charge in [-0.25, -0.2) is 0 Å². The van der Waals surface area contributed by atoms with Crippen LogP contribution in [0.1, 0.15) is 37.3 Å². The fourth-order valence-electron chi connectivity index (χ4n) is 3.16. The van der Waals surface area contributed by atoms with Crippen LogP contribution in [-0.4, -0.2) is 47.5 Å². The van der Waals surface area contributed by atoms with E-state index in [9.17, 15) is 13.2 Å². The Morgan fingerprint density at radius 1 is 1.41 bits per heavy atom. The van der Waals surface area contributed by atoms with E-state index in [4.69, 9.17) is 0 Å². The van der Waals surface area contributed by atoms with E-state index in [0.29, 0.717) is 13.0 Å². The van der Waals surface area contributed by atoms with Crippen LogP contribution in [0.15, 0.2) is 12.4 Å². The maximum absolute atomic E-state index is 12.9. The third kappa shape index (κ3) is 4.46. The summed E-state index contributed by atoms with van der Waals surface area (Å²) in [4.78, 5) is 2.06. The highest BCUT2D eigenvalue weighted by atomic mass is 19.4. The van der Waals surface area contributed by atoms with Crippen molar-refractivity contribution in [2.75, 3.05) is 20.6 Å². The first-order valence-electron chi connectivity index (χ1n) is 7.72. The molecule has 0 bridgehead atoms. The van der Waals surface area contributed by atoms with Crippen molar-refractivity contribution in [1.29, 1.82) is 0 Å². The van der Waals surface area contributed by atoms with E-state index in [1.807, 2.05) is 33.5 Å². The first-order chi connectivity index (χ1) is 10.3. The summed E-state index contributed by atoms with van der Waals surface area (Å²) in [5, 5.41) is 7.51. The quantitative estimate of drug-likeness (QED) is 0.906. The molecule has 1 aromatic rings. The standard InChI is InChI=1S/C15H25F3N4/c1-21(2)14(11-8-20-22(3)10-11)9-19-13-6-4-5-12(7-13)15(16,17)18/h8,10,12-14,19H,4-7,9H2,1-3H3/t12-,13+,14+/m0/s1. The second kappa shape index (κ2) is 7.00. The maximum Gasteiger partial charge on any atom is 0.391 e. The average molecular weight is 318 g/mol. The molecule has 1 aliphatic rings. The summed E-state index contributed by atoms with van der Waals surface area (Å²) in [6, 6.07) is 0.0551. The molecule has 4 nitrogen and oxygen atoms in total. The molecule has 0 aromatic carbocycles. The average Bonchev–Trinajstić information content (AvgIpc) is 2.84. The Balaban J connectivity index is 1.92. The molecular formula is C15H25F3N4. The molecule has 0 radical (unpaired) electrons. The molecule has 0 unspecified atom stereocenters. The minimum atomic E-state index is -4.06. The molecule has 1 aromatic heterocycles. The number of halogens is 3. The summed E-state index contributed by atoms with van der Waals surface area (Å²) in [6.07, 6.45) is 1.61. The lowest BCUT2D eigenvalue weighted by molar-refractivity contribution is -0.183. The molecule has 1 aliphatic carbocycles. The number of hydrogen-bond acceptors (Lipinski definition) is 3. The third-order valence-electron chi connectivity index (χ3n) is 4.47. The van der Waals surface area contributed by atoms with Crippen molar-refractivity contribution in [2.24, 2.45) is 13.0 Å². The molecule has 1 heterocycles. The Bertz CT molecular complexity index is 470. The third-order valence-corrected chi connectivity index (χ3v) is 4.47. The molecule has 22 heavy (non-hydrogen) atoms. The number of likely N-dealkylation sites (N-methyl/N-ethyl adjacent to an activating group) is 1. The first-order valence-corrected chi connectivity index (χ1v) is 7.72. The van der Waals surface area contributed by atoms with Gasteiger partial charge in [-0.1, -0.05) is 6.42 Å². The summed E-state index contributed by atoms with van der Waals surface area (Å²) >= 11 is 0. The van der Waals surface area contributed by atoms with Crippen molar-refractivity contribution in [1.82, 2.24) is 20.0 Å². The fourth-order valence-corrected chi connectivity index (χ4v) is 3.16. The highest BCUT2D eigenvalue weighted by molar-refractivity contribution is 5.11. The minimum Gasteiger partial charge on any atom is -0.312 e. The lowest BCUT2D eigenvalue weighted by atomic mass is 9.85. The number of aryl methyl sites for hydroxylation is 1.